The Hall–Kier alpha value is -1.71. The minimum absolute atomic E-state index is 0.176. The van der Waals surface area contributed by atoms with Crippen LogP contribution in [-0.2, 0) is 20.2 Å². The molecule has 7 nitrogen and oxygen atoms in total. The molecule has 2 aromatic rings. The van der Waals surface area contributed by atoms with Gasteiger partial charge >= 0.3 is 0 Å². The van der Waals surface area contributed by atoms with E-state index in [4.69, 9.17) is 4.52 Å². The average Bonchev–Trinajstić information content (AvgIpc) is 3.24. The number of carbonyl (C=O) groups excluding carboxylic acids is 1. The first kappa shape index (κ1) is 20.0. The molecule has 1 aliphatic rings. The number of rotatable bonds is 4. The predicted octanol–water partition coefficient (Wildman–Crippen LogP) is 3.38. The van der Waals surface area contributed by atoms with Crippen LogP contribution in [0.25, 0.3) is 0 Å². The molecule has 1 saturated heterocycles. The number of nitrogens with one attached hydrogen (secondary N) is 1. The molecule has 2 aromatic heterocycles. The van der Waals surface area contributed by atoms with Crippen LogP contribution in [-0.4, -0.2) is 36.9 Å². The average molecular weight is 412 g/mol. The van der Waals surface area contributed by atoms with Gasteiger partial charge in [0.1, 0.15) is 9.97 Å². The number of sulfonamides is 1. The number of thiophene rings is 1. The summed E-state index contributed by atoms with van der Waals surface area (Å²) in [5, 5.41) is 6.66. The minimum atomic E-state index is -3.56. The van der Waals surface area contributed by atoms with Crippen molar-refractivity contribution in [2.75, 3.05) is 18.4 Å². The third-order valence-corrected chi connectivity index (χ3v) is 7.90. The van der Waals surface area contributed by atoms with Gasteiger partial charge in [0, 0.05) is 29.4 Å². The topological polar surface area (TPSA) is 92.5 Å². The number of anilines is 1. The van der Waals surface area contributed by atoms with Crippen LogP contribution in [0, 0.1) is 12.8 Å². The summed E-state index contributed by atoms with van der Waals surface area (Å²) in [6.45, 7) is 8.47. The highest BCUT2D eigenvalue weighted by molar-refractivity contribution is 7.91. The van der Waals surface area contributed by atoms with Gasteiger partial charge in [-0.05, 0) is 31.9 Å². The quantitative estimate of drug-likeness (QED) is 0.833. The first-order valence-electron chi connectivity index (χ1n) is 8.92. The van der Waals surface area contributed by atoms with Gasteiger partial charge in [-0.25, -0.2) is 8.42 Å². The monoisotopic (exact) mass is 411 g/mol. The number of nitrogens with zero attached hydrogens (tertiary/aromatic N) is 2. The van der Waals surface area contributed by atoms with Gasteiger partial charge in [0.25, 0.3) is 10.0 Å². The number of aromatic nitrogens is 1. The molecule has 0 aliphatic carbocycles. The fourth-order valence-electron chi connectivity index (χ4n) is 2.97. The Morgan fingerprint density at radius 2 is 2.11 bits per heavy atom. The molecule has 1 unspecified atom stereocenters. The van der Waals surface area contributed by atoms with Crippen molar-refractivity contribution in [2.24, 2.45) is 5.92 Å². The van der Waals surface area contributed by atoms with Crippen molar-refractivity contribution in [1.29, 1.82) is 0 Å². The first-order chi connectivity index (χ1) is 12.6. The van der Waals surface area contributed by atoms with Gasteiger partial charge in [-0.2, -0.15) is 4.31 Å². The number of hydrogen-bond acceptors (Lipinski definition) is 6. The van der Waals surface area contributed by atoms with Crippen LogP contribution in [0.2, 0.25) is 0 Å². The van der Waals surface area contributed by atoms with Crippen LogP contribution >= 0.6 is 11.3 Å². The fraction of sp³-hybridized carbons (Fsp3) is 0.556. The number of aryl methyl sites for hydroxylation is 1. The lowest BCUT2D eigenvalue weighted by molar-refractivity contribution is -0.120. The van der Waals surface area contributed by atoms with E-state index in [0.29, 0.717) is 35.2 Å². The van der Waals surface area contributed by atoms with Crippen molar-refractivity contribution in [3.8, 4) is 0 Å². The van der Waals surface area contributed by atoms with Gasteiger partial charge in [-0.1, -0.05) is 25.9 Å². The Kier molecular flexibility index (Phi) is 5.47. The summed E-state index contributed by atoms with van der Waals surface area (Å²) in [6.07, 6.45) is 1.29. The van der Waals surface area contributed by atoms with Crippen molar-refractivity contribution in [3.63, 3.8) is 0 Å². The summed E-state index contributed by atoms with van der Waals surface area (Å²) in [7, 11) is -3.56. The van der Waals surface area contributed by atoms with E-state index in [1.165, 1.54) is 15.6 Å². The van der Waals surface area contributed by atoms with Gasteiger partial charge in [0.05, 0.1) is 5.92 Å². The van der Waals surface area contributed by atoms with Gasteiger partial charge in [-0.15, -0.1) is 11.3 Å². The maximum Gasteiger partial charge on any atom is 0.252 e. The molecule has 1 N–H and O–H groups in total. The molecule has 0 spiro atoms. The van der Waals surface area contributed by atoms with E-state index in [1.54, 1.807) is 18.2 Å². The van der Waals surface area contributed by atoms with Crippen molar-refractivity contribution in [1.82, 2.24) is 9.46 Å². The van der Waals surface area contributed by atoms with Crippen molar-refractivity contribution >= 4 is 33.1 Å². The molecule has 148 valence electrons. The van der Waals surface area contributed by atoms with Crippen molar-refractivity contribution in [3.05, 3.63) is 28.8 Å². The van der Waals surface area contributed by atoms with E-state index < -0.39 is 15.9 Å². The van der Waals surface area contributed by atoms with Crippen molar-refractivity contribution in [2.45, 2.75) is 50.2 Å². The predicted molar refractivity (Wildman–Crippen MR) is 104 cm³/mol. The standard InChI is InChI=1S/C18H25N3O4S2/c1-12-7-8-16(26-12)27(23,24)21-9-5-6-13(11-21)17(22)19-15-10-14(25-20-15)18(2,3)4/h7-8,10,13H,5-6,9,11H2,1-4H3,(H,19,20,22). The second-order valence-corrected chi connectivity index (χ2v) is 11.3. The SMILES string of the molecule is Cc1ccc(S(=O)(=O)N2CCCC(C(=O)Nc3cc(C(C)(C)C)on3)C2)s1. The first-order valence-corrected chi connectivity index (χ1v) is 11.2. The number of hydrogen-bond donors (Lipinski definition) is 1. The third kappa shape index (κ3) is 4.41. The molecule has 27 heavy (non-hydrogen) atoms. The zero-order valence-electron chi connectivity index (χ0n) is 16.0. The molecule has 1 aliphatic heterocycles. The molecule has 0 radical (unpaired) electrons. The lowest BCUT2D eigenvalue weighted by Crippen LogP contribution is -2.43. The molecule has 0 bridgehead atoms. The van der Waals surface area contributed by atoms with E-state index in [9.17, 15) is 13.2 Å². The third-order valence-electron chi connectivity index (χ3n) is 4.57. The summed E-state index contributed by atoms with van der Waals surface area (Å²) in [4.78, 5) is 13.6. The molecule has 3 heterocycles. The van der Waals surface area contributed by atoms with Gasteiger partial charge in [0.2, 0.25) is 5.91 Å². The molecule has 0 saturated carbocycles. The van der Waals surface area contributed by atoms with Crippen LogP contribution in [0.3, 0.4) is 0 Å². The molecule has 1 atom stereocenters. The minimum Gasteiger partial charge on any atom is -0.359 e. The van der Waals surface area contributed by atoms with Gasteiger partial charge < -0.3 is 9.84 Å². The Balaban J connectivity index is 1.69. The largest absolute Gasteiger partial charge is 0.359 e. The molecule has 1 amide bonds. The summed E-state index contributed by atoms with van der Waals surface area (Å²) in [5.41, 5.74) is -0.204. The van der Waals surface area contributed by atoms with E-state index in [1.807, 2.05) is 27.7 Å². The Morgan fingerprint density at radius 3 is 2.70 bits per heavy atom. The molecular weight excluding hydrogens is 386 g/mol. The lowest BCUT2D eigenvalue weighted by atomic mass is 9.93. The second kappa shape index (κ2) is 7.37. The van der Waals surface area contributed by atoms with Crippen LogP contribution in [0.5, 0.6) is 0 Å². The summed E-state index contributed by atoms with van der Waals surface area (Å²) in [6, 6.07) is 5.13. The molecular formula is C18H25N3O4S2. The zero-order valence-corrected chi connectivity index (χ0v) is 17.6. The van der Waals surface area contributed by atoms with E-state index in [2.05, 4.69) is 10.5 Å². The molecule has 1 fully saturated rings. The van der Waals surface area contributed by atoms with Gasteiger partial charge in [0.15, 0.2) is 5.82 Å². The van der Waals surface area contributed by atoms with E-state index in [-0.39, 0.29) is 17.9 Å². The number of piperidine rings is 1. The Morgan fingerprint density at radius 1 is 1.37 bits per heavy atom. The van der Waals surface area contributed by atoms with Crippen molar-refractivity contribution < 1.29 is 17.7 Å². The van der Waals surface area contributed by atoms with Crippen LogP contribution in [0.15, 0.2) is 26.9 Å². The van der Waals surface area contributed by atoms with Crippen LogP contribution in [0.1, 0.15) is 44.3 Å². The summed E-state index contributed by atoms with van der Waals surface area (Å²) < 4.78 is 32.7. The summed E-state index contributed by atoms with van der Waals surface area (Å²) >= 11 is 1.25. The van der Waals surface area contributed by atoms with Gasteiger partial charge in [-0.3, -0.25) is 4.79 Å². The maximum atomic E-state index is 12.8. The van der Waals surface area contributed by atoms with E-state index >= 15 is 0 Å². The Bertz CT molecular complexity index is 925. The normalized spacial score (nSPS) is 19.2. The highest BCUT2D eigenvalue weighted by Crippen LogP contribution is 2.29. The molecule has 0 aromatic carbocycles. The maximum absolute atomic E-state index is 12.8. The number of amides is 1. The highest BCUT2D eigenvalue weighted by atomic mass is 32.2. The number of carbonyl (C=O) groups is 1. The summed E-state index contributed by atoms with van der Waals surface area (Å²) in [5.74, 6) is 0.396. The van der Waals surface area contributed by atoms with Crippen LogP contribution in [0.4, 0.5) is 5.82 Å². The highest BCUT2D eigenvalue weighted by Gasteiger charge is 2.34. The second-order valence-electron chi connectivity index (χ2n) is 7.88. The molecule has 3 rings (SSSR count). The van der Waals surface area contributed by atoms with E-state index in [0.717, 1.165) is 4.88 Å². The smallest absolute Gasteiger partial charge is 0.252 e. The molecule has 9 heteroatoms. The van der Waals surface area contributed by atoms with Crippen LogP contribution < -0.4 is 5.32 Å². The fourth-order valence-corrected chi connectivity index (χ4v) is 5.93. The zero-order chi connectivity index (χ0) is 19.8. The Labute approximate surface area is 163 Å². The lowest BCUT2D eigenvalue weighted by Gasteiger charge is -2.30.